The summed E-state index contributed by atoms with van der Waals surface area (Å²) in [4.78, 5) is 12.2. The summed E-state index contributed by atoms with van der Waals surface area (Å²) in [5.41, 5.74) is 1.51. The zero-order chi connectivity index (χ0) is 22.5. The molecule has 2 aromatic rings. The molecule has 2 aromatic carbocycles. The Hall–Kier alpha value is -2.79. The quantitative estimate of drug-likeness (QED) is 0.533. The van der Waals surface area contributed by atoms with Gasteiger partial charge in [-0.2, -0.15) is 0 Å². The monoisotopic (exact) mass is 455 g/mol. The van der Waals surface area contributed by atoms with Gasteiger partial charge in [0.15, 0.2) is 0 Å². The number of carbonyl (C=O) groups excluding carboxylic acids is 1. The molecule has 0 saturated heterocycles. The summed E-state index contributed by atoms with van der Waals surface area (Å²) in [7, 11) is -7.45. The second-order valence-corrected chi connectivity index (χ2v) is 10.5. The maximum atomic E-state index is 12.3. The van der Waals surface area contributed by atoms with Crippen LogP contribution in [-0.2, 0) is 24.8 Å². The van der Waals surface area contributed by atoms with Crippen LogP contribution in [0.3, 0.4) is 0 Å². The van der Waals surface area contributed by atoms with Crippen LogP contribution in [0.4, 0.5) is 17.1 Å². The highest BCUT2D eigenvalue weighted by Crippen LogP contribution is 2.22. The minimum Gasteiger partial charge on any atom is -0.491 e. The maximum Gasteiger partial charge on any atom is 0.241 e. The maximum absolute atomic E-state index is 12.3. The van der Waals surface area contributed by atoms with Crippen molar-refractivity contribution in [2.75, 3.05) is 26.8 Å². The number of hydrogen-bond donors (Lipinski definition) is 3. The van der Waals surface area contributed by atoms with Crippen LogP contribution in [0.5, 0.6) is 5.75 Å². The average Bonchev–Trinajstić information content (AvgIpc) is 2.57. The number of ether oxygens (including phenoxy) is 1. The van der Waals surface area contributed by atoms with Crippen molar-refractivity contribution in [3.05, 3.63) is 48.0 Å². The zero-order valence-corrected chi connectivity index (χ0v) is 18.7. The Kier molecular flexibility index (Phi) is 7.32. The van der Waals surface area contributed by atoms with Crippen LogP contribution in [0.25, 0.3) is 0 Å². The number of carbonyl (C=O) groups is 1. The fraction of sp³-hybridized carbons (Fsp3) is 0.316. The molecule has 0 spiro atoms. The summed E-state index contributed by atoms with van der Waals surface area (Å²) in [5.74, 6) is -0.972. The number of aryl methyl sites for hydroxylation is 1. The molecule has 9 nitrogen and oxygen atoms in total. The molecule has 0 unspecified atom stereocenters. The highest BCUT2D eigenvalue weighted by molar-refractivity contribution is 7.93. The third kappa shape index (κ3) is 7.91. The van der Waals surface area contributed by atoms with Gasteiger partial charge in [-0.15, -0.1) is 0 Å². The highest BCUT2D eigenvalue weighted by Gasteiger charge is 2.17. The molecule has 0 atom stereocenters. The topological polar surface area (TPSA) is 131 Å². The molecule has 1 amide bonds. The van der Waals surface area contributed by atoms with Gasteiger partial charge in [0.25, 0.3) is 0 Å². The number of sulfonamides is 2. The number of rotatable bonds is 9. The lowest BCUT2D eigenvalue weighted by atomic mass is 10.2. The molecule has 2 rings (SSSR count). The predicted molar refractivity (Wildman–Crippen MR) is 118 cm³/mol. The largest absolute Gasteiger partial charge is 0.491 e. The molecule has 0 bridgehead atoms. The van der Waals surface area contributed by atoms with Crippen molar-refractivity contribution in [1.29, 1.82) is 0 Å². The fourth-order valence-corrected chi connectivity index (χ4v) is 4.07. The second kappa shape index (κ2) is 9.35. The van der Waals surface area contributed by atoms with Crippen molar-refractivity contribution in [3.63, 3.8) is 0 Å². The minimum atomic E-state index is -3.95. The van der Waals surface area contributed by atoms with E-state index in [-0.39, 0.29) is 11.8 Å². The van der Waals surface area contributed by atoms with Crippen LogP contribution < -0.4 is 19.5 Å². The predicted octanol–water partition coefficient (Wildman–Crippen LogP) is 2.53. The van der Waals surface area contributed by atoms with Crippen molar-refractivity contribution >= 4 is 43.0 Å². The Morgan fingerprint density at radius 1 is 0.967 bits per heavy atom. The number of hydrogen-bond acceptors (Lipinski definition) is 6. The van der Waals surface area contributed by atoms with Gasteiger partial charge in [0.1, 0.15) is 11.5 Å². The molecule has 0 aliphatic carbocycles. The van der Waals surface area contributed by atoms with Crippen LogP contribution in [0.15, 0.2) is 42.5 Å². The van der Waals surface area contributed by atoms with Gasteiger partial charge in [0.2, 0.25) is 26.0 Å². The molecule has 0 aromatic heterocycles. The van der Waals surface area contributed by atoms with Crippen LogP contribution in [0, 0.1) is 6.92 Å². The smallest absolute Gasteiger partial charge is 0.241 e. The van der Waals surface area contributed by atoms with E-state index in [2.05, 4.69) is 14.8 Å². The molecule has 0 fully saturated rings. The minimum absolute atomic E-state index is 0.00818. The Balaban J connectivity index is 2.02. The molecule has 164 valence electrons. The standard InChI is InChI=1S/C19H25N3O6S2/c1-13(2)28-17-9-7-15(8-10-17)21-30(26,27)12-19(23)20-16-6-5-14(3)18(11-16)22-29(4,24)25/h5-11,13,21-22H,12H2,1-4H3,(H,20,23). The van der Waals surface area contributed by atoms with E-state index in [1.165, 1.54) is 18.2 Å². The van der Waals surface area contributed by atoms with Gasteiger partial charge in [-0.25, -0.2) is 16.8 Å². The normalized spacial score (nSPS) is 11.8. The Morgan fingerprint density at radius 2 is 1.57 bits per heavy atom. The third-order valence-electron chi connectivity index (χ3n) is 3.64. The van der Waals surface area contributed by atoms with Gasteiger partial charge in [-0.1, -0.05) is 6.07 Å². The van der Waals surface area contributed by atoms with Gasteiger partial charge in [0.05, 0.1) is 18.0 Å². The number of amides is 1. The molecule has 0 aliphatic heterocycles. The van der Waals surface area contributed by atoms with E-state index >= 15 is 0 Å². The van der Waals surface area contributed by atoms with E-state index in [0.717, 1.165) is 6.26 Å². The van der Waals surface area contributed by atoms with Gasteiger partial charge < -0.3 is 10.1 Å². The molecular weight excluding hydrogens is 430 g/mol. The first kappa shape index (κ1) is 23.5. The summed E-state index contributed by atoms with van der Waals surface area (Å²) >= 11 is 0. The van der Waals surface area contributed by atoms with E-state index in [0.29, 0.717) is 22.7 Å². The van der Waals surface area contributed by atoms with E-state index in [1.807, 2.05) is 13.8 Å². The number of nitrogens with one attached hydrogen (secondary N) is 3. The Morgan fingerprint density at radius 3 is 2.13 bits per heavy atom. The second-order valence-electron chi connectivity index (χ2n) is 7.00. The van der Waals surface area contributed by atoms with Crippen LogP contribution in [0.2, 0.25) is 0 Å². The summed E-state index contributed by atoms with van der Waals surface area (Å²) in [5, 5.41) is 2.45. The fourth-order valence-electron chi connectivity index (χ4n) is 2.47. The van der Waals surface area contributed by atoms with E-state index in [4.69, 9.17) is 4.74 Å². The first-order valence-electron chi connectivity index (χ1n) is 8.98. The van der Waals surface area contributed by atoms with Crippen molar-refractivity contribution < 1.29 is 26.4 Å². The first-order chi connectivity index (χ1) is 13.8. The summed E-state index contributed by atoms with van der Waals surface area (Å²) in [6.45, 7) is 5.46. The summed E-state index contributed by atoms with van der Waals surface area (Å²) < 4.78 is 57.6. The first-order valence-corrected chi connectivity index (χ1v) is 12.5. The van der Waals surface area contributed by atoms with Gasteiger partial charge in [-0.05, 0) is 62.7 Å². The highest BCUT2D eigenvalue weighted by atomic mass is 32.2. The number of anilines is 3. The molecular formula is C19H25N3O6S2. The van der Waals surface area contributed by atoms with Gasteiger partial charge in [0, 0.05) is 11.4 Å². The SMILES string of the molecule is Cc1ccc(NC(=O)CS(=O)(=O)Nc2ccc(OC(C)C)cc2)cc1NS(C)(=O)=O. The molecule has 0 radical (unpaired) electrons. The lowest BCUT2D eigenvalue weighted by molar-refractivity contribution is -0.113. The Bertz CT molecular complexity index is 1110. The lowest BCUT2D eigenvalue weighted by Gasteiger charge is -2.13. The Labute approximate surface area is 176 Å². The van der Waals surface area contributed by atoms with Crippen molar-refractivity contribution in [3.8, 4) is 5.75 Å². The van der Waals surface area contributed by atoms with Gasteiger partial charge >= 0.3 is 0 Å². The van der Waals surface area contributed by atoms with Crippen LogP contribution >= 0.6 is 0 Å². The summed E-state index contributed by atoms with van der Waals surface area (Å²) in [6, 6.07) is 10.9. The molecule has 0 heterocycles. The molecule has 0 aliphatic rings. The van der Waals surface area contributed by atoms with Crippen LogP contribution in [0.1, 0.15) is 19.4 Å². The zero-order valence-electron chi connectivity index (χ0n) is 17.1. The van der Waals surface area contributed by atoms with E-state index in [9.17, 15) is 21.6 Å². The van der Waals surface area contributed by atoms with E-state index in [1.54, 1.807) is 31.2 Å². The van der Waals surface area contributed by atoms with Crippen molar-refractivity contribution in [2.45, 2.75) is 26.9 Å². The van der Waals surface area contributed by atoms with Gasteiger partial charge in [-0.3, -0.25) is 14.2 Å². The number of benzene rings is 2. The van der Waals surface area contributed by atoms with E-state index < -0.39 is 31.7 Å². The van der Waals surface area contributed by atoms with Crippen LogP contribution in [-0.4, -0.2) is 40.9 Å². The average molecular weight is 456 g/mol. The molecule has 3 N–H and O–H groups in total. The molecule has 30 heavy (non-hydrogen) atoms. The molecule has 11 heteroatoms. The van der Waals surface area contributed by atoms with Crippen molar-refractivity contribution in [1.82, 2.24) is 0 Å². The molecule has 0 saturated carbocycles. The third-order valence-corrected chi connectivity index (χ3v) is 5.42. The van der Waals surface area contributed by atoms with Crippen molar-refractivity contribution in [2.24, 2.45) is 0 Å². The summed E-state index contributed by atoms with van der Waals surface area (Å²) in [6.07, 6.45) is 1.00. The lowest BCUT2D eigenvalue weighted by Crippen LogP contribution is -2.27.